The number of aromatic nitrogens is 2. The van der Waals surface area contributed by atoms with Gasteiger partial charge < -0.3 is 9.88 Å². The van der Waals surface area contributed by atoms with Crippen molar-refractivity contribution >= 4 is 5.91 Å². The normalized spacial score (nSPS) is 33.2. The quantitative estimate of drug-likeness (QED) is 0.917. The molecule has 1 aromatic rings. The SMILES string of the molecule is CCN1CCN(C(=O)[C@@H]2C[C@H]2C2CC2)C[C@H]1c1ncc[nH]1. The largest absolute Gasteiger partial charge is 0.347 e. The van der Waals surface area contributed by atoms with Gasteiger partial charge in [0.15, 0.2) is 0 Å². The molecule has 1 amide bonds. The van der Waals surface area contributed by atoms with E-state index in [1.54, 1.807) is 6.20 Å². The van der Waals surface area contributed by atoms with E-state index in [4.69, 9.17) is 0 Å². The summed E-state index contributed by atoms with van der Waals surface area (Å²) in [4.78, 5) is 24.8. The van der Waals surface area contributed by atoms with Crippen molar-refractivity contribution in [3.05, 3.63) is 18.2 Å². The Balaban J connectivity index is 1.44. The molecule has 0 aromatic carbocycles. The van der Waals surface area contributed by atoms with Crippen LogP contribution in [0.1, 0.15) is 38.1 Å². The molecule has 1 saturated heterocycles. The van der Waals surface area contributed by atoms with Crippen molar-refractivity contribution in [2.45, 2.75) is 32.2 Å². The van der Waals surface area contributed by atoms with E-state index in [2.05, 4.69) is 26.7 Å². The van der Waals surface area contributed by atoms with Gasteiger partial charge in [0, 0.05) is 37.9 Å². The Hall–Kier alpha value is -1.36. The van der Waals surface area contributed by atoms with Crippen LogP contribution in [0.2, 0.25) is 0 Å². The van der Waals surface area contributed by atoms with Crippen LogP contribution in [0.15, 0.2) is 12.4 Å². The van der Waals surface area contributed by atoms with Gasteiger partial charge in [0.2, 0.25) is 5.91 Å². The summed E-state index contributed by atoms with van der Waals surface area (Å²) in [6, 6.07) is 0.223. The van der Waals surface area contributed by atoms with Crippen LogP contribution in [-0.4, -0.2) is 51.9 Å². The number of piperazine rings is 1. The Morgan fingerprint density at radius 3 is 2.95 bits per heavy atom. The second-order valence-electron chi connectivity index (χ2n) is 6.75. The van der Waals surface area contributed by atoms with Crippen LogP contribution in [0.4, 0.5) is 0 Å². The summed E-state index contributed by atoms with van der Waals surface area (Å²) in [5.41, 5.74) is 0. The van der Waals surface area contributed by atoms with Gasteiger partial charge in [0.25, 0.3) is 0 Å². The summed E-state index contributed by atoms with van der Waals surface area (Å²) in [6.07, 6.45) is 7.52. The highest BCUT2D eigenvalue weighted by Crippen LogP contribution is 2.55. The first-order chi connectivity index (χ1) is 10.3. The minimum Gasteiger partial charge on any atom is -0.347 e. The van der Waals surface area contributed by atoms with E-state index in [0.717, 1.165) is 44.3 Å². The fourth-order valence-electron chi connectivity index (χ4n) is 3.90. The van der Waals surface area contributed by atoms with Gasteiger partial charge in [0.05, 0.1) is 6.04 Å². The average Bonchev–Trinajstić information content (AvgIpc) is 3.42. The summed E-state index contributed by atoms with van der Waals surface area (Å²) >= 11 is 0. The monoisotopic (exact) mass is 288 g/mol. The lowest BCUT2D eigenvalue weighted by Crippen LogP contribution is -2.51. The van der Waals surface area contributed by atoms with Gasteiger partial charge in [-0.2, -0.15) is 0 Å². The summed E-state index contributed by atoms with van der Waals surface area (Å²) in [6.45, 7) is 5.79. The first kappa shape index (κ1) is 13.3. The molecule has 1 aliphatic heterocycles. The fraction of sp³-hybridized carbons (Fsp3) is 0.750. The van der Waals surface area contributed by atoms with Crippen molar-refractivity contribution in [1.82, 2.24) is 19.8 Å². The molecule has 0 radical (unpaired) electrons. The van der Waals surface area contributed by atoms with Crippen LogP contribution in [-0.2, 0) is 4.79 Å². The number of imidazole rings is 1. The Kier molecular flexibility index (Phi) is 3.25. The predicted octanol–water partition coefficient (Wildman–Crippen LogP) is 1.66. The maximum Gasteiger partial charge on any atom is 0.226 e. The Labute approximate surface area is 125 Å². The number of aromatic amines is 1. The van der Waals surface area contributed by atoms with E-state index >= 15 is 0 Å². The third kappa shape index (κ3) is 2.48. The van der Waals surface area contributed by atoms with Gasteiger partial charge in [-0.1, -0.05) is 6.92 Å². The zero-order valence-electron chi connectivity index (χ0n) is 12.7. The molecule has 21 heavy (non-hydrogen) atoms. The smallest absolute Gasteiger partial charge is 0.226 e. The second-order valence-corrected chi connectivity index (χ2v) is 6.75. The van der Waals surface area contributed by atoms with Crippen LogP contribution in [0.3, 0.4) is 0 Å². The molecule has 0 unspecified atom stereocenters. The summed E-state index contributed by atoms with van der Waals surface area (Å²) in [7, 11) is 0. The molecule has 2 saturated carbocycles. The number of amides is 1. The topological polar surface area (TPSA) is 52.2 Å². The molecule has 1 N–H and O–H groups in total. The first-order valence-electron chi connectivity index (χ1n) is 8.30. The van der Waals surface area contributed by atoms with Crippen molar-refractivity contribution in [2.24, 2.45) is 17.8 Å². The van der Waals surface area contributed by atoms with E-state index < -0.39 is 0 Å². The molecule has 3 atom stereocenters. The first-order valence-corrected chi connectivity index (χ1v) is 8.30. The zero-order chi connectivity index (χ0) is 14.4. The predicted molar refractivity (Wildman–Crippen MR) is 79.5 cm³/mol. The summed E-state index contributed by atoms with van der Waals surface area (Å²) < 4.78 is 0. The van der Waals surface area contributed by atoms with E-state index in [9.17, 15) is 4.79 Å². The third-order valence-electron chi connectivity index (χ3n) is 5.43. The highest BCUT2D eigenvalue weighted by atomic mass is 16.2. The molecule has 4 rings (SSSR count). The Bertz CT molecular complexity index is 510. The standard InChI is InChI=1S/C16H24N4O/c1-2-19-7-8-20(10-14(19)15-17-5-6-18-15)16(21)13-9-12(13)11-3-4-11/h5-6,11-14H,2-4,7-10H2,1H3,(H,17,18)/t12-,13+,14-/m0/s1. The van der Waals surface area contributed by atoms with Gasteiger partial charge in [-0.05, 0) is 37.6 Å². The molecule has 5 heteroatoms. The lowest BCUT2D eigenvalue weighted by atomic mass is 10.1. The van der Waals surface area contributed by atoms with Crippen molar-refractivity contribution in [2.75, 3.05) is 26.2 Å². The number of hydrogen-bond donors (Lipinski definition) is 1. The molecule has 3 aliphatic rings. The summed E-state index contributed by atoms with van der Waals surface area (Å²) in [5.74, 6) is 3.31. The van der Waals surface area contributed by atoms with Crippen molar-refractivity contribution < 1.29 is 4.79 Å². The molecule has 0 spiro atoms. The second kappa shape index (κ2) is 5.13. The van der Waals surface area contributed by atoms with E-state index in [1.165, 1.54) is 12.8 Å². The van der Waals surface area contributed by atoms with E-state index in [-0.39, 0.29) is 6.04 Å². The number of nitrogens with zero attached hydrogens (tertiary/aromatic N) is 3. The third-order valence-corrected chi connectivity index (χ3v) is 5.43. The molecule has 2 aliphatic carbocycles. The molecule has 114 valence electrons. The van der Waals surface area contributed by atoms with Crippen LogP contribution in [0, 0.1) is 17.8 Å². The number of carbonyl (C=O) groups excluding carboxylic acids is 1. The highest BCUT2D eigenvalue weighted by Gasteiger charge is 2.52. The Morgan fingerprint density at radius 2 is 2.29 bits per heavy atom. The Morgan fingerprint density at radius 1 is 1.43 bits per heavy atom. The van der Waals surface area contributed by atoms with Crippen LogP contribution >= 0.6 is 0 Å². The maximum absolute atomic E-state index is 12.7. The van der Waals surface area contributed by atoms with Crippen LogP contribution in [0.5, 0.6) is 0 Å². The number of carbonyl (C=O) groups is 1. The van der Waals surface area contributed by atoms with Crippen LogP contribution in [0.25, 0.3) is 0 Å². The molecule has 3 fully saturated rings. The lowest BCUT2D eigenvalue weighted by Gasteiger charge is -2.40. The number of likely N-dealkylation sites (N-methyl/N-ethyl adjacent to an activating group) is 1. The average molecular weight is 288 g/mol. The molecule has 2 heterocycles. The zero-order valence-corrected chi connectivity index (χ0v) is 12.7. The maximum atomic E-state index is 12.7. The number of nitrogens with one attached hydrogen (secondary N) is 1. The van der Waals surface area contributed by atoms with E-state index in [0.29, 0.717) is 17.7 Å². The van der Waals surface area contributed by atoms with Gasteiger partial charge >= 0.3 is 0 Å². The summed E-state index contributed by atoms with van der Waals surface area (Å²) in [5, 5.41) is 0. The number of rotatable bonds is 4. The van der Waals surface area contributed by atoms with Gasteiger partial charge in [-0.3, -0.25) is 9.69 Å². The molecule has 1 aromatic heterocycles. The minimum absolute atomic E-state index is 0.223. The van der Waals surface area contributed by atoms with Gasteiger partial charge in [-0.15, -0.1) is 0 Å². The molecular formula is C16H24N4O. The number of H-pyrrole nitrogens is 1. The van der Waals surface area contributed by atoms with Crippen molar-refractivity contribution in [3.63, 3.8) is 0 Å². The fourth-order valence-corrected chi connectivity index (χ4v) is 3.90. The molecule has 5 nitrogen and oxygen atoms in total. The lowest BCUT2D eigenvalue weighted by molar-refractivity contribution is -0.136. The van der Waals surface area contributed by atoms with Gasteiger partial charge in [0.1, 0.15) is 5.82 Å². The molecular weight excluding hydrogens is 264 g/mol. The van der Waals surface area contributed by atoms with Crippen molar-refractivity contribution in [1.29, 1.82) is 0 Å². The van der Waals surface area contributed by atoms with Gasteiger partial charge in [-0.25, -0.2) is 4.98 Å². The van der Waals surface area contributed by atoms with Crippen molar-refractivity contribution in [3.8, 4) is 0 Å². The minimum atomic E-state index is 0.223. The number of hydrogen-bond acceptors (Lipinski definition) is 3. The highest BCUT2D eigenvalue weighted by molar-refractivity contribution is 5.82. The molecule has 0 bridgehead atoms. The van der Waals surface area contributed by atoms with Crippen LogP contribution < -0.4 is 0 Å². The van der Waals surface area contributed by atoms with E-state index in [1.807, 2.05) is 6.20 Å².